The number of aromatic amines is 1. The zero-order chi connectivity index (χ0) is 24.2. The van der Waals surface area contributed by atoms with Gasteiger partial charge < -0.3 is 19.7 Å². The van der Waals surface area contributed by atoms with Gasteiger partial charge in [-0.15, -0.1) is 12.4 Å². The molecule has 34 heavy (non-hydrogen) atoms. The molecule has 0 radical (unpaired) electrons. The normalized spacial score (nSPS) is 18.6. The van der Waals surface area contributed by atoms with E-state index in [0.29, 0.717) is 22.6 Å². The van der Waals surface area contributed by atoms with Gasteiger partial charge in [0.1, 0.15) is 6.54 Å². The summed E-state index contributed by atoms with van der Waals surface area (Å²) < 4.78 is 7.86. The summed E-state index contributed by atoms with van der Waals surface area (Å²) in [4.78, 5) is 35.5. The summed E-state index contributed by atoms with van der Waals surface area (Å²) in [6, 6.07) is 5.24. The summed E-state index contributed by atoms with van der Waals surface area (Å²) in [7, 11) is 2.20. The molecule has 2 saturated heterocycles. The fraction of sp³-hybridized carbons (Fsp3) is 0.615. The number of rotatable bonds is 7. The highest BCUT2D eigenvalue weighted by Crippen LogP contribution is 2.32. The molecule has 0 saturated carbocycles. The number of carbonyl (C=O) groups is 2. The van der Waals surface area contributed by atoms with Crippen LogP contribution in [0.1, 0.15) is 57.2 Å². The Morgan fingerprint density at radius 1 is 1.15 bits per heavy atom. The number of aromatic nitrogens is 1. The van der Waals surface area contributed by atoms with Crippen LogP contribution in [-0.2, 0) is 4.79 Å². The Balaban J connectivity index is 0.00000342. The largest absolute Gasteiger partial charge is 0.360 e. The first-order chi connectivity index (χ1) is 16.4. The van der Waals surface area contributed by atoms with E-state index in [1.54, 1.807) is 23.1 Å². The van der Waals surface area contributed by atoms with Crippen molar-refractivity contribution >= 4 is 46.7 Å². The van der Waals surface area contributed by atoms with Crippen molar-refractivity contribution in [3.05, 3.63) is 35.0 Å². The van der Waals surface area contributed by atoms with Crippen LogP contribution in [0.4, 0.5) is 0 Å². The molecule has 2 aliphatic heterocycles. The first kappa shape index (κ1) is 25.3. The van der Waals surface area contributed by atoms with Crippen molar-refractivity contribution < 1.29 is 11.0 Å². The third kappa shape index (κ3) is 6.27. The van der Waals surface area contributed by atoms with E-state index >= 15 is 0 Å². The van der Waals surface area contributed by atoms with Crippen LogP contribution in [0.5, 0.6) is 0 Å². The second-order valence-corrected chi connectivity index (χ2v) is 10.1. The highest BCUT2D eigenvalue weighted by molar-refractivity contribution is 6.35. The van der Waals surface area contributed by atoms with Crippen LogP contribution in [0.15, 0.2) is 24.4 Å². The average molecular weight is 511 g/mol. The molecule has 8 heteroatoms. The van der Waals surface area contributed by atoms with E-state index in [0.717, 1.165) is 56.0 Å². The zero-order valence-corrected chi connectivity index (χ0v) is 21.9. The lowest BCUT2D eigenvalue weighted by Crippen LogP contribution is -2.47. The zero-order valence-electron chi connectivity index (χ0n) is 21.3. The lowest BCUT2D eigenvalue weighted by molar-refractivity contribution is -0.133. The maximum atomic E-state index is 13.3. The summed E-state index contributed by atoms with van der Waals surface area (Å²) in [5, 5.41) is 1.09. The second-order valence-electron chi connectivity index (χ2n) is 9.76. The Bertz CT molecular complexity index is 1010. The molecule has 0 atom stereocenters. The summed E-state index contributed by atoms with van der Waals surface area (Å²) in [5.41, 5.74) is 1.17. The quantitative estimate of drug-likeness (QED) is 0.566. The molecule has 1 aromatic carbocycles. The van der Waals surface area contributed by atoms with Gasteiger partial charge in [0, 0.05) is 42.3 Å². The van der Waals surface area contributed by atoms with Gasteiger partial charge in [-0.25, -0.2) is 0 Å². The van der Waals surface area contributed by atoms with Crippen molar-refractivity contribution in [2.45, 2.75) is 45.4 Å². The van der Waals surface area contributed by atoms with Crippen molar-refractivity contribution in [3.63, 3.8) is 0 Å². The van der Waals surface area contributed by atoms with Crippen LogP contribution in [-0.4, -0.2) is 77.8 Å². The van der Waals surface area contributed by atoms with Crippen molar-refractivity contribution in [3.8, 4) is 0 Å². The molecule has 3 heterocycles. The molecule has 1 N–H and O–H groups in total. The Morgan fingerprint density at radius 3 is 2.44 bits per heavy atom. The van der Waals surface area contributed by atoms with Gasteiger partial charge in [-0.2, -0.15) is 0 Å². The van der Waals surface area contributed by atoms with Crippen molar-refractivity contribution in [2.24, 2.45) is 11.8 Å². The number of nitrogens with one attached hydrogen (secondary N) is 1. The van der Waals surface area contributed by atoms with E-state index in [-0.39, 0.29) is 36.9 Å². The molecule has 0 bridgehead atoms. The minimum Gasteiger partial charge on any atom is -0.360 e. The van der Waals surface area contributed by atoms with Gasteiger partial charge in [-0.3, -0.25) is 9.59 Å². The number of hydrogen-bond donors (Lipinski definition) is 1. The number of unbranched alkanes of at least 4 members (excludes halogenated alkanes) is 1. The van der Waals surface area contributed by atoms with E-state index in [1.807, 2.05) is 4.90 Å². The fourth-order valence-corrected chi connectivity index (χ4v) is 5.54. The number of fused-ring (bicyclic) bond motifs is 1. The number of amides is 2. The van der Waals surface area contributed by atoms with E-state index in [1.165, 1.54) is 25.9 Å². The Kier molecular flexibility index (Phi) is 9.15. The molecule has 0 spiro atoms. The third-order valence-corrected chi connectivity index (χ3v) is 7.83. The minimum absolute atomic E-state index is 0. The molecular formula is C26H38Cl2N4O2. The molecule has 0 aliphatic carbocycles. The molecule has 2 aromatic rings. The predicted octanol–water partition coefficient (Wildman–Crippen LogP) is 5.07. The molecule has 2 amide bonds. The Hall–Kier alpha value is -1.76. The molecule has 4 rings (SSSR count). The molecular weight excluding hydrogens is 471 g/mol. The SMILES string of the molecule is Cl.[2H]c1[nH]c2cc(C(=O)N(CCCC)CC(=O)N3CCC(C4CCN(C)CC4)CC3)ccc2c1Cl. The smallest absolute Gasteiger partial charge is 0.254 e. The maximum absolute atomic E-state index is 13.3. The highest BCUT2D eigenvalue weighted by Gasteiger charge is 2.31. The van der Waals surface area contributed by atoms with Gasteiger partial charge >= 0.3 is 0 Å². The predicted molar refractivity (Wildman–Crippen MR) is 141 cm³/mol. The highest BCUT2D eigenvalue weighted by atomic mass is 35.5. The van der Waals surface area contributed by atoms with Crippen molar-refractivity contribution in [2.75, 3.05) is 46.3 Å². The Morgan fingerprint density at radius 2 is 1.79 bits per heavy atom. The van der Waals surface area contributed by atoms with Gasteiger partial charge in [0.25, 0.3) is 5.91 Å². The number of hydrogen-bond acceptors (Lipinski definition) is 3. The first-order valence-corrected chi connectivity index (χ1v) is 12.8. The van der Waals surface area contributed by atoms with E-state index in [4.69, 9.17) is 13.0 Å². The van der Waals surface area contributed by atoms with Gasteiger partial charge in [-0.1, -0.05) is 31.0 Å². The van der Waals surface area contributed by atoms with E-state index in [9.17, 15) is 9.59 Å². The molecule has 2 aliphatic rings. The monoisotopic (exact) mass is 509 g/mol. The van der Waals surface area contributed by atoms with Gasteiger partial charge in [0.2, 0.25) is 5.91 Å². The van der Waals surface area contributed by atoms with E-state index in [2.05, 4.69) is 23.9 Å². The first-order valence-electron chi connectivity index (χ1n) is 12.9. The fourth-order valence-electron chi connectivity index (χ4n) is 5.33. The van der Waals surface area contributed by atoms with Crippen molar-refractivity contribution in [1.29, 1.82) is 0 Å². The standard InChI is InChI=1S/C26H37ClN4O2.ClH/c1-3-4-11-31(26(33)21-5-6-22-23(27)17-28-24(22)16-21)18-25(32)30-14-9-20(10-15-30)19-7-12-29(2)13-8-19;/h5-6,16-17,19-20,28H,3-4,7-15,18H2,1-2H3;1H/i17D;. The van der Waals surface area contributed by atoms with Gasteiger partial charge in [-0.05, 0) is 76.2 Å². The van der Waals surface area contributed by atoms with Crippen LogP contribution in [0, 0.1) is 11.8 Å². The molecule has 1 aromatic heterocycles. The Labute approximate surface area is 215 Å². The summed E-state index contributed by atoms with van der Waals surface area (Å²) in [6.07, 6.45) is 6.63. The maximum Gasteiger partial charge on any atom is 0.254 e. The number of H-pyrrole nitrogens is 1. The molecule has 2 fully saturated rings. The van der Waals surface area contributed by atoms with Crippen LogP contribution in [0.25, 0.3) is 10.9 Å². The van der Waals surface area contributed by atoms with Crippen LogP contribution >= 0.6 is 24.0 Å². The van der Waals surface area contributed by atoms with Crippen LogP contribution < -0.4 is 0 Å². The topological polar surface area (TPSA) is 59.7 Å². The van der Waals surface area contributed by atoms with Crippen molar-refractivity contribution in [1.82, 2.24) is 19.7 Å². The summed E-state index contributed by atoms with van der Waals surface area (Å²) >= 11 is 6.16. The molecule has 6 nitrogen and oxygen atoms in total. The second kappa shape index (κ2) is 12.3. The summed E-state index contributed by atoms with van der Waals surface area (Å²) in [6.45, 7) is 6.71. The number of piperidine rings is 2. The molecule has 188 valence electrons. The average Bonchev–Trinajstić information content (AvgIpc) is 3.14. The molecule has 0 unspecified atom stereocenters. The number of nitrogens with zero attached hydrogens (tertiary/aromatic N) is 3. The third-order valence-electron chi connectivity index (χ3n) is 7.53. The van der Waals surface area contributed by atoms with Crippen LogP contribution in [0.2, 0.25) is 5.02 Å². The lowest BCUT2D eigenvalue weighted by atomic mass is 9.79. The number of likely N-dealkylation sites (tertiary alicyclic amines) is 2. The minimum atomic E-state index is -0.151. The number of halogens is 2. The number of benzene rings is 1. The summed E-state index contributed by atoms with van der Waals surface area (Å²) in [5.74, 6) is 1.40. The number of carbonyl (C=O) groups excluding carboxylic acids is 2. The van der Waals surface area contributed by atoms with Crippen LogP contribution in [0.3, 0.4) is 0 Å². The lowest BCUT2D eigenvalue weighted by Gasteiger charge is -2.39. The van der Waals surface area contributed by atoms with Gasteiger partial charge in [0.05, 0.1) is 6.39 Å². The van der Waals surface area contributed by atoms with Gasteiger partial charge in [0.15, 0.2) is 0 Å². The van der Waals surface area contributed by atoms with E-state index < -0.39 is 0 Å².